The average molecular weight is 411 g/mol. The zero-order valence-electron chi connectivity index (χ0n) is 16.9. The van der Waals surface area contributed by atoms with E-state index in [2.05, 4.69) is 11.4 Å². The number of aromatic nitrogens is 1. The van der Waals surface area contributed by atoms with Gasteiger partial charge >= 0.3 is 0 Å². The van der Waals surface area contributed by atoms with E-state index in [-0.39, 0.29) is 18.4 Å². The predicted molar refractivity (Wildman–Crippen MR) is 112 cm³/mol. The summed E-state index contributed by atoms with van der Waals surface area (Å²) >= 11 is 0. The van der Waals surface area contributed by atoms with Crippen molar-refractivity contribution in [1.29, 1.82) is 0 Å². The number of hydrogen-bond acceptors (Lipinski definition) is 4. The lowest BCUT2D eigenvalue weighted by Crippen LogP contribution is -2.32. The molecule has 0 aliphatic carbocycles. The van der Waals surface area contributed by atoms with Gasteiger partial charge in [-0.15, -0.1) is 0 Å². The first-order valence-electron chi connectivity index (χ1n) is 9.86. The second-order valence-corrected chi connectivity index (χ2v) is 7.64. The normalized spacial score (nSPS) is 16.1. The molecule has 156 valence electrons. The average Bonchev–Trinajstić information content (AvgIpc) is 3.16. The maximum atomic E-state index is 13.4. The van der Waals surface area contributed by atoms with Crippen LogP contribution < -0.4 is 10.1 Å². The SMILES string of the molecule is COc1ccc2nc(N[C@H]3CCN(C(=O)Cc4cc(F)cc(F)c4)C3)c(C)cc2c1. The third kappa shape index (κ3) is 4.35. The van der Waals surface area contributed by atoms with Crippen molar-refractivity contribution in [2.24, 2.45) is 0 Å². The highest BCUT2D eigenvalue weighted by Crippen LogP contribution is 2.25. The summed E-state index contributed by atoms with van der Waals surface area (Å²) in [5, 5.41) is 4.44. The molecule has 5 nitrogen and oxygen atoms in total. The van der Waals surface area contributed by atoms with Gasteiger partial charge in [0.05, 0.1) is 19.0 Å². The fourth-order valence-electron chi connectivity index (χ4n) is 3.83. The van der Waals surface area contributed by atoms with Gasteiger partial charge in [-0.05, 0) is 60.9 Å². The Balaban J connectivity index is 1.42. The zero-order valence-corrected chi connectivity index (χ0v) is 16.9. The molecule has 2 heterocycles. The molecule has 30 heavy (non-hydrogen) atoms. The van der Waals surface area contributed by atoms with Gasteiger partial charge in [-0.1, -0.05) is 0 Å². The molecule has 0 bridgehead atoms. The largest absolute Gasteiger partial charge is 0.497 e. The van der Waals surface area contributed by atoms with Crippen molar-refractivity contribution >= 4 is 22.6 Å². The summed E-state index contributed by atoms with van der Waals surface area (Å²) in [6.45, 7) is 3.11. The van der Waals surface area contributed by atoms with Crippen LogP contribution >= 0.6 is 0 Å². The van der Waals surface area contributed by atoms with Crippen molar-refractivity contribution in [2.75, 3.05) is 25.5 Å². The van der Waals surface area contributed by atoms with Crippen molar-refractivity contribution < 1.29 is 18.3 Å². The van der Waals surface area contributed by atoms with Crippen LogP contribution in [0.3, 0.4) is 0 Å². The lowest BCUT2D eigenvalue weighted by Gasteiger charge is -2.18. The number of nitrogens with one attached hydrogen (secondary N) is 1. The minimum absolute atomic E-state index is 0.0174. The second-order valence-electron chi connectivity index (χ2n) is 7.64. The van der Waals surface area contributed by atoms with E-state index in [4.69, 9.17) is 9.72 Å². The van der Waals surface area contributed by atoms with Gasteiger partial charge in [-0.25, -0.2) is 13.8 Å². The van der Waals surface area contributed by atoms with Crippen molar-refractivity contribution in [2.45, 2.75) is 25.8 Å². The molecule has 4 rings (SSSR count). The summed E-state index contributed by atoms with van der Waals surface area (Å²) in [6, 6.07) is 11.1. The minimum Gasteiger partial charge on any atom is -0.497 e. The number of nitrogens with zero attached hydrogens (tertiary/aromatic N) is 2. The maximum absolute atomic E-state index is 13.4. The molecule has 1 amide bonds. The first-order valence-corrected chi connectivity index (χ1v) is 9.86. The minimum atomic E-state index is -0.672. The quantitative estimate of drug-likeness (QED) is 0.687. The van der Waals surface area contributed by atoms with E-state index in [1.807, 2.05) is 25.1 Å². The number of aryl methyl sites for hydroxylation is 1. The van der Waals surface area contributed by atoms with Crippen molar-refractivity contribution in [3.8, 4) is 5.75 Å². The Morgan fingerprint density at radius 1 is 1.20 bits per heavy atom. The van der Waals surface area contributed by atoms with E-state index in [0.717, 1.165) is 40.5 Å². The molecule has 1 aliphatic heterocycles. The van der Waals surface area contributed by atoms with Gasteiger partial charge in [0, 0.05) is 30.6 Å². The number of ether oxygens (including phenoxy) is 1. The van der Waals surface area contributed by atoms with E-state index in [1.54, 1.807) is 12.0 Å². The molecule has 2 aromatic carbocycles. The van der Waals surface area contributed by atoms with E-state index >= 15 is 0 Å². The number of hydrogen-bond donors (Lipinski definition) is 1. The van der Waals surface area contributed by atoms with Gasteiger partial charge in [-0.2, -0.15) is 0 Å². The summed E-state index contributed by atoms with van der Waals surface area (Å²) < 4.78 is 32.0. The van der Waals surface area contributed by atoms with Crippen LogP contribution in [0.5, 0.6) is 5.75 Å². The zero-order chi connectivity index (χ0) is 21.3. The summed E-state index contributed by atoms with van der Waals surface area (Å²) in [7, 11) is 1.63. The van der Waals surface area contributed by atoms with Gasteiger partial charge in [0.1, 0.15) is 23.2 Å². The van der Waals surface area contributed by atoms with Crippen LogP contribution in [0.25, 0.3) is 10.9 Å². The Labute approximate surface area is 173 Å². The van der Waals surface area contributed by atoms with Crippen molar-refractivity contribution in [3.63, 3.8) is 0 Å². The summed E-state index contributed by atoms with van der Waals surface area (Å²) in [4.78, 5) is 19.0. The monoisotopic (exact) mass is 411 g/mol. The first-order chi connectivity index (χ1) is 14.4. The number of amides is 1. The molecule has 3 aromatic rings. The predicted octanol–water partition coefficient (Wildman–Crippen LogP) is 4.09. The van der Waals surface area contributed by atoms with Crippen LogP contribution in [0.4, 0.5) is 14.6 Å². The fourth-order valence-corrected chi connectivity index (χ4v) is 3.83. The molecule has 1 saturated heterocycles. The van der Waals surface area contributed by atoms with E-state index < -0.39 is 11.6 Å². The first kappa shape index (κ1) is 20.1. The Hall–Kier alpha value is -3.22. The standard InChI is InChI=1S/C23H23F2N3O2/c1-14-7-16-11-20(30-2)3-4-21(16)27-23(14)26-19-5-6-28(13-19)22(29)10-15-8-17(24)12-18(25)9-15/h3-4,7-9,11-12,19H,5-6,10,13H2,1-2H3,(H,26,27)/t19-/m0/s1. The van der Waals surface area contributed by atoms with E-state index in [9.17, 15) is 13.6 Å². The van der Waals surface area contributed by atoms with Crippen LogP contribution in [-0.4, -0.2) is 42.0 Å². The number of anilines is 1. The lowest BCUT2D eigenvalue weighted by molar-refractivity contribution is -0.129. The third-order valence-corrected chi connectivity index (χ3v) is 5.37. The summed E-state index contributed by atoms with van der Waals surface area (Å²) in [5.74, 6) is 0.0924. The van der Waals surface area contributed by atoms with Crippen LogP contribution in [0, 0.1) is 18.6 Å². The Bertz CT molecular complexity index is 1080. The van der Waals surface area contributed by atoms with Gasteiger partial charge in [-0.3, -0.25) is 4.79 Å². The van der Waals surface area contributed by atoms with Gasteiger partial charge < -0.3 is 15.0 Å². The molecule has 1 aromatic heterocycles. The number of fused-ring (bicyclic) bond motifs is 1. The number of halogens is 2. The number of pyridine rings is 1. The number of carbonyl (C=O) groups is 1. The molecule has 1 N–H and O–H groups in total. The maximum Gasteiger partial charge on any atom is 0.227 e. The third-order valence-electron chi connectivity index (χ3n) is 5.37. The van der Waals surface area contributed by atoms with Crippen LogP contribution in [0.15, 0.2) is 42.5 Å². The van der Waals surface area contributed by atoms with Gasteiger partial charge in [0.15, 0.2) is 0 Å². The number of likely N-dealkylation sites (tertiary alicyclic amines) is 1. The van der Waals surface area contributed by atoms with Crippen LogP contribution in [-0.2, 0) is 11.2 Å². The fraction of sp³-hybridized carbons (Fsp3) is 0.304. The summed E-state index contributed by atoms with van der Waals surface area (Å²) in [5.41, 5.74) is 2.22. The second kappa shape index (κ2) is 8.26. The molecule has 0 saturated carbocycles. The van der Waals surface area contributed by atoms with Gasteiger partial charge in [0.2, 0.25) is 5.91 Å². The Morgan fingerprint density at radius 2 is 1.97 bits per heavy atom. The number of benzene rings is 2. The molecule has 1 fully saturated rings. The highest BCUT2D eigenvalue weighted by Gasteiger charge is 2.27. The molecular weight excluding hydrogens is 388 g/mol. The van der Waals surface area contributed by atoms with Crippen molar-refractivity contribution in [1.82, 2.24) is 9.88 Å². The smallest absolute Gasteiger partial charge is 0.227 e. The summed E-state index contributed by atoms with van der Waals surface area (Å²) in [6.07, 6.45) is 0.765. The van der Waals surface area contributed by atoms with E-state index in [1.165, 1.54) is 12.1 Å². The molecule has 7 heteroatoms. The Morgan fingerprint density at radius 3 is 2.70 bits per heavy atom. The molecular formula is C23H23F2N3O2. The molecule has 1 atom stereocenters. The molecule has 1 aliphatic rings. The number of methoxy groups -OCH3 is 1. The van der Waals surface area contributed by atoms with Crippen LogP contribution in [0.1, 0.15) is 17.5 Å². The highest BCUT2D eigenvalue weighted by molar-refractivity contribution is 5.83. The van der Waals surface area contributed by atoms with Crippen molar-refractivity contribution in [3.05, 3.63) is 65.2 Å². The van der Waals surface area contributed by atoms with Gasteiger partial charge in [0.25, 0.3) is 0 Å². The number of rotatable bonds is 5. The number of carbonyl (C=O) groups excluding carboxylic acids is 1. The molecule has 0 unspecified atom stereocenters. The molecule has 0 spiro atoms. The molecule has 0 radical (unpaired) electrons. The topological polar surface area (TPSA) is 54.5 Å². The lowest BCUT2D eigenvalue weighted by atomic mass is 10.1. The van der Waals surface area contributed by atoms with E-state index in [0.29, 0.717) is 18.7 Å². The Kier molecular flexibility index (Phi) is 5.53. The highest BCUT2D eigenvalue weighted by atomic mass is 19.1. The van der Waals surface area contributed by atoms with Crippen LogP contribution in [0.2, 0.25) is 0 Å².